The minimum atomic E-state index is -1.50. The summed E-state index contributed by atoms with van der Waals surface area (Å²) >= 11 is 0. The van der Waals surface area contributed by atoms with E-state index in [2.05, 4.69) is 0 Å². The van der Waals surface area contributed by atoms with Crippen LogP contribution in [0, 0.1) is 5.82 Å². The highest BCUT2D eigenvalue weighted by Gasteiger charge is 2.17. The van der Waals surface area contributed by atoms with Crippen molar-refractivity contribution in [3.8, 4) is 5.75 Å². The van der Waals surface area contributed by atoms with Gasteiger partial charge in [0.1, 0.15) is 11.6 Å². The lowest BCUT2D eigenvalue weighted by Gasteiger charge is -2.14. The third-order valence-corrected chi connectivity index (χ3v) is 2.57. The van der Waals surface area contributed by atoms with Crippen LogP contribution in [0.3, 0.4) is 0 Å². The van der Waals surface area contributed by atoms with Crippen molar-refractivity contribution in [2.24, 2.45) is 0 Å². The van der Waals surface area contributed by atoms with E-state index >= 15 is 0 Å². The van der Waals surface area contributed by atoms with E-state index in [1.807, 2.05) is 0 Å². The average Bonchev–Trinajstić information content (AvgIpc) is 2.74. The number of hydrogen-bond acceptors (Lipinski definition) is 4. The second-order valence-electron chi connectivity index (χ2n) is 5.20. The molecule has 0 spiro atoms. The normalized spacial score (nSPS) is 15.8. The number of nitrogen functional groups attached to an aromatic ring is 1. The second kappa shape index (κ2) is 6.73. The summed E-state index contributed by atoms with van der Waals surface area (Å²) in [5, 5.41) is 16.2. The zero-order chi connectivity index (χ0) is 14.5. The Bertz CT molecular complexity index is 392. The summed E-state index contributed by atoms with van der Waals surface area (Å²) in [6.45, 7) is 2.60. The number of aliphatic hydroxyl groups is 2. The van der Waals surface area contributed by atoms with E-state index in [1.165, 1.54) is 38.8 Å². The predicted molar refractivity (Wildman–Crippen MR) is 72.2 cm³/mol. The fourth-order valence-electron chi connectivity index (χ4n) is 1.80. The van der Waals surface area contributed by atoms with Crippen LogP contribution in [0.5, 0.6) is 5.75 Å². The summed E-state index contributed by atoms with van der Waals surface area (Å²) in [4.78, 5) is 0. The van der Waals surface area contributed by atoms with Gasteiger partial charge in [-0.15, -0.1) is 0 Å². The van der Waals surface area contributed by atoms with Crippen LogP contribution in [-0.2, 0) is 0 Å². The number of hydrogen-bond donors (Lipinski definition) is 3. The molecule has 4 N–H and O–H groups in total. The standard InChI is InChI=1S/C11H14FNO.C3H8O2/c12-8-5-6-10(13)11(7-8)14-9-3-1-2-4-9;1-3(2,4)5/h5-7,9H,1-4,13H2;4-5H,1-2H3. The highest BCUT2D eigenvalue weighted by molar-refractivity contribution is 5.52. The third kappa shape index (κ3) is 6.98. The smallest absolute Gasteiger partial charge is 0.156 e. The first-order chi connectivity index (χ1) is 8.75. The molecule has 1 aliphatic rings. The molecule has 1 aromatic rings. The molecular weight excluding hydrogens is 249 g/mol. The Hall–Kier alpha value is -1.33. The van der Waals surface area contributed by atoms with E-state index in [9.17, 15) is 4.39 Å². The van der Waals surface area contributed by atoms with E-state index in [0.717, 1.165) is 12.8 Å². The van der Waals surface area contributed by atoms with Gasteiger partial charge in [-0.2, -0.15) is 0 Å². The molecule has 0 bridgehead atoms. The van der Waals surface area contributed by atoms with Crippen molar-refractivity contribution < 1.29 is 19.3 Å². The van der Waals surface area contributed by atoms with Crippen LogP contribution in [0.4, 0.5) is 10.1 Å². The molecule has 4 nitrogen and oxygen atoms in total. The SMILES string of the molecule is CC(C)(O)O.Nc1ccc(F)cc1OC1CCCC1. The van der Waals surface area contributed by atoms with Crippen molar-refractivity contribution in [1.29, 1.82) is 0 Å². The van der Waals surface area contributed by atoms with Crippen molar-refractivity contribution in [2.45, 2.75) is 51.4 Å². The molecule has 0 atom stereocenters. The Labute approximate surface area is 113 Å². The fraction of sp³-hybridized carbons (Fsp3) is 0.571. The molecule has 0 aromatic heterocycles. The Kier molecular flexibility index (Phi) is 5.57. The maximum atomic E-state index is 12.9. The molecule has 0 aliphatic heterocycles. The van der Waals surface area contributed by atoms with Gasteiger partial charge >= 0.3 is 0 Å². The highest BCUT2D eigenvalue weighted by atomic mass is 19.1. The zero-order valence-electron chi connectivity index (χ0n) is 11.4. The van der Waals surface area contributed by atoms with Gasteiger partial charge in [-0.05, 0) is 51.7 Å². The Morgan fingerprint density at radius 3 is 2.32 bits per heavy atom. The van der Waals surface area contributed by atoms with Gasteiger partial charge < -0.3 is 20.7 Å². The van der Waals surface area contributed by atoms with Gasteiger partial charge in [0.15, 0.2) is 5.79 Å². The summed E-state index contributed by atoms with van der Waals surface area (Å²) in [5.41, 5.74) is 6.19. The molecule has 5 heteroatoms. The van der Waals surface area contributed by atoms with Gasteiger partial charge in [0.25, 0.3) is 0 Å². The molecule has 0 unspecified atom stereocenters. The molecule has 0 amide bonds. The lowest BCUT2D eigenvalue weighted by molar-refractivity contribution is -0.127. The number of ether oxygens (including phenoxy) is 1. The minimum absolute atomic E-state index is 0.221. The number of benzene rings is 1. The highest BCUT2D eigenvalue weighted by Crippen LogP contribution is 2.28. The van der Waals surface area contributed by atoms with E-state index in [-0.39, 0.29) is 11.9 Å². The lowest BCUT2D eigenvalue weighted by atomic mass is 10.2. The molecular formula is C14H22FNO3. The van der Waals surface area contributed by atoms with Crippen LogP contribution in [0.2, 0.25) is 0 Å². The number of anilines is 1. The average molecular weight is 271 g/mol. The molecule has 1 aromatic carbocycles. The largest absolute Gasteiger partial charge is 0.488 e. The van der Waals surface area contributed by atoms with Gasteiger partial charge in [0, 0.05) is 6.07 Å². The quantitative estimate of drug-likeness (QED) is 0.570. The third-order valence-electron chi connectivity index (χ3n) is 2.57. The van der Waals surface area contributed by atoms with E-state index in [0.29, 0.717) is 11.4 Å². The lowest BCUT2D eigenvalue weighted by Crippen LogP contribution is -2.15. The van der Waals surface area contributed by atoms with Crippen molar-refractivity contribution in [2.75, 3.05) is 5.73 Å². The summed E-state index contributed by atoms with van der Waals surface area (Å²) in [6, 6.07) is 4.24. The van der Waals surface area contributed by atoms with Crippen LogP contribution in [0.1, 0.15) is 39.5 Å². The van der Waals surface area contributed by atoms with Crippen LogP contribution in [0.15, 0.2) is 18.2 Å². The van der Waals surface area contributed by atoms with Crippen molar-refractivity contribution in [1.82, 2.24) is 0 Å². The zero-order valence-corrected chi connectivity index (χ0v) is 11.4. The van der Waals surface area contributed by atoms with Gasteiger partial charge in [-0.1, -0.05) is 0 Å². The second-order valence-corrected chi connectivity index (χ2v) is 5.20. The topological polar surface area (TPSA) is 75.7 Å². The molecule has 108 valence electrons. The summed E-state index contributed by atoms with van der Waals surface area (Å²) in [6.07, 6.45) is 4.71. The van der Waals surface area contributed by atoms with Gasteiger partial charge in [-0.3, -0.25) is 0 Å². The van der Waals surface area contributed by atoms with Crippen LogP contribution < -0.4 is 10.5 Å². The van der Waals surface area contributed by atoms with Gasteiger partial charge in [0.2, 0.25) is 0 Å². The monoisotopic (exact) mass is 271 g/mol. The Morgan fingerprint density at radius 1 is 1.26 bits per heavy atom. The molecule has 1 aliphatic carbocycles. The van der Waals surface area contributed by atoms with Crippen LogP contribution in [0.25, 0.3) is 0 Å². The molecule has 0 radical (unpaired) electrons. The molecule has 19 heavy (non-hydrogen) atoms. The molecule has 0 saturated heterocycles. The van der Waals surface area contributed by atoms with E-state index < -0.39 is 5.79 Å². The first-order valence-corrected chi connectivity index (χ1v) is 6.42. The Morgan fingerprint density at radius 2 is 1.79 bits per heavy atom. The molecule has 2 rings (SSSR count). The van der Waals surface area contributed by atoms with Gasteiger partial charge in [-0.25, -0.2) is 4.39 Å². The first-order valence-electron chi connectivity index (χ1n) is 6.42. The van der Waals surface area contributed by atoms with Crippen molar-refractivity contribution in [3.05, 3.63) is 24.0 Å². The molecule has 1 fully saturated rings. The minimum Gasteiger partial charge on any atom is -0.488 e. The Balaban J connectivity index is 0.000000312. The number of rotatable bonds is 2. The maximum absolute atomic E-state index is 12.9. The summed E-state index contributed by atoms with van der Waals surface area (Å²) in [7, 11) is 0. The molecule has 1 saturated carbocycles. The van der Waals surface area contributed by atoms with Crippen molar-refractivity contribution in [3.63, 3.8) is 0 Å². The first kappa shape index (κ1) is 15.7. The maximum Gasteiger partial charge on any atom is 0.156 e. The van der Waals surface area contributed by atoms with Crippen LogP contribution in [-0.4, -0.2) is 22.1 Å². The van der Waals surface area contributed by atoms with E-state index in [4.69, 9.17) is 20.7 Å². The molecule has 0 heterocycles. The number of halogens is 1. The van der Waals surface area contributed by atoms with Gasteiger partial charge in [0.05, 0.1) is 11.8 Å². The fourth-order valence-corrected chi connectivity index (χ4v) is 1.80. The summed E-state index contributed by atoms with van der Waals surface area (Å²) < 4.78 is 18.5. The van der Waals surface area contributed by atoms with E-state index in [1.54, 1.807) is 6.07 Å². The number of nitrogens with two attached hydrogens (primary N) is 1. The van der Waals surface area contributed by atoms with Crippen LogP contribution >= 0.6 is 0 Å². The predicted octanol–water partition coefficient (Wildman–Crippen LogP) is 2.44. The van der Waals surface area contributed by atoms with Crippen molar-refractivity contribution >= 4 is 5.69 Å². The summed E-state index contributed by atoms with van der Waals surface area (Å²) in [5.74, 6) is -1.32.